The van der Waals surface area contributed by atoms with Crippen LogP contribution in [-0.2, 0) is 14.0 Å². The summed E-state index contributed by atoms with van der Waals surface area (Å²) in [5, 5.41) is 20.5. The summed E-state index contributed by atoms with van der Waals surface area (Å²) in [6.45, 7) is 13.7. The molecule has 1 unspecified atom stereocenters. The minimum Gasteiger partial charge on any atom is -0.481 e. The van der Waals surface area contributed by atoms with Gasteiger partial charge in [0.1, 0.15) is 6.10 Å². The number of ether oxygens (including phenoxy) is 1. The number of aliphatic hydroxyl groups excluding tert-OH is 1. The Hall–Kier alpha value is -2.48. The van der Waals surface area contributed by atoms with Crippen molar-refractivity contribution in [3.05, 3.63) is 60.2 Å². The molecule has 6 nitrogen and oxygen atoms in total. The van der Waals surface area contributed by atoms with E-state index in [9.17, 15) is 14.7 Å². The molecule has 3 rings (SSSR count). The largest absolute Gasteiger partial charge is 0.481 e. The summed E-state index contributed by atoms with van der Waals surface area (Å²) >= 11 is 0. The molecule has 0 aromatic heterocycles. The molecule has 0 amide bonds. The Labute approximate surface area is 279 Å². The third-order valence-electron chi connectivity index (χ3n) is 10.4. The Kier molecular flexibility index (Phi) is 15.0. The Morgan fingerprint density at radius 3 is 2.13 bits per heavy atom. The van der Waals surface area contributed by atoms with Crippen LogP contribution in [-0.4, -0.2) is 48.8 Å². The lowest BCUT2D eigenvalue weighted by Gasteiger charge is -2.40. The topological polar surface area (TPSA) is 93.1 Å². The first-order valence-electron chi connectivity index (χ1n) is 17.8. The zero-order valence-electron chi connectivity index (χ0n) is 29.3. The first-order valence-corrected chi connectivity index (χ1v) is 20.7. The fourth-order valence-electron chi connectivity index (χ4n) is 6.59. The van der Waals surface area contributed by atoms with E-state index in [1.54, 1.807) is 0 Å². The van der Waals surface area contributed by atoms with Crippen molar-refractivity contribution in [2.75, 3.05) is 0 Å². The zero-order valence-corrected chi connectivity index (χ0v) is 30.3. The number of carbonyl (C=O) groups is 2. The van der Waals surface area contributed by atoms with E-state index >= 15 is 0 Å². The van der Waals surface area contributed by atoms with E-state index in [-0.39, 0.29) is 41.5 Å². The molecule has 1 aliphatic rings. The molecule has 0 saturated heterocycles. The number of hydrogen-bond acceptors (Lipinski definition) is 5. The molecule has 2 N–H and O–H groups in total. The van der Waals surface area contributed by atoms with E-state index in [1.165, 1.54) is 12.8 Å². The minimum absolute atomic E-state index is 0.0361. The lowest BCUT2D eigenvalue weighted by atomic mass is 9.84. The van der Waals surface area contributed by atoms with Crippen LogP contribution in [0.3, 0.4) is 0 Å². The van der Waals surface area contributed by atoms with Crippen LogP contribution >= 0.6 is 0 Å². The predicted molar refractivity (Wildman–Crippen MR) is 189 cm³/mol. The average molecular weight is 653 g/mol. The normalized spacial score (nSPS) is 20.8. The van der Waals surface area contributed by atoms with Gasteiger partial charge in [-0.15, -0.1) is 0 Å². The molecule has 2 aromatic rings. The molecule has 5 atom stereocenters. The zero-order chi connectivity index (χ0) is 33.7. The molecule has 1 aliphatic carbocycles. The average Bonchev–Trinajstić information content (AvgIpc) is 3.30. The highest BCUT2D eigenvalue weighted by molar-refractivity contribution is 6.74. The van der Waals surface area contributed by atoms with Gasteiger partial charge in [0.2, 0.25) is 0 Å². The van der Waals surface area contributed by atoms with Crippen LogP contribution in [0, 0.1) is 11.8 Å². The second-order valence-electron chi connectivity index (χ2n) is 14.9. The highest BCUT2D eigenvalue weighted by atomic mass is 28.4. The Bertz CT molecular complexity index is 1190. The van der Waals surface area contributed by atoms with Gasteiger partial charge in [-0.2, -0.15) is 0 Å². The number of carbonyl (C=O) groups excluding carboxylic acids is 1. The van der Waals surface area contributed by atoms with Gasteiger partial charge in [-0.1, -0.05) is 109 Å². The van der Waals surface area contributed by atoms with E-state index < -0.39 is 20.4 Å². The maximum absolute atomic E-state index is 13.4. The molecular weight excluding hydrogens is 593 g/mol. The lowest BCUT2D eigenvalue weighted by Crippen LogP contribution is -2.44. The van der Waals surface area contributed by atoms with Gasteiger partial charge in [-0.05, 0) is 79.4 Å². The second kappa shape index (κ2) is 18.2. The summed E-state index contributed by atoms with van der Waals surface area (Å²) in [5.41, 5.74) is 2.66. The van der Waals surface area contributed by atoms with Crippen molar-refractivity contribution in [3.8, 4) is 11.1 Å². The summed E-state index contributed by atoms with van der Waals surface area (Å²) in [6, 6.07) is 17.6. The number of rotatable bonds is 19. The standard InChI is InChI=1S/C39H60O6Si/c1-7-8-12-19-32(45-46(5,6)39(2,3)4)26-27-33-34(20-15-9-10-16-21-37(41)42)36(28-35(33)40)44-38(43)31-24-22-30(23-25-31)29-17-13-11-14-18-29/h11,13-14,17-18,22-25,32-36,40H,7-10,12,15-16,19-21,26-28H2,1-6H3,(H,41,42)/t32-,33+,34+,35?,36-/m0/s1. The van der Waals surface area contributed by atoms with Crippen molar-refractivity contribution >= 4 is 20.3 Å². The predicted octanol–water partition coefficient (Wildman–Crippen LogP) is 10.1. The molecule has 1 fully saturated rings. The van der Waals surface area contributed by atoms with Crippen molar-refractivity contribution in [2.45, 2.75) is 148 Å². The summed E-state index contributed by atoms with van der Waals surface area (Å²) < 4.78 is 13.1. The summed E-state index contributed by atoms with van der Waals surface area (Å²) in [4.78, 5) is 24.3. The van der Waals surface area contributed by atoms with Gasteiger partial charge in [0.15, 0.2) is 8.32 Å². The maximum atomic E-state index is 13.4. The molecular formula is C39H60O6Si. The van der Waals surface area contributed by atoms with Crippen molar-refractivity contribution in [1.29, 1.82) is 0 Å². The number of unbranched alkanes of at least 4 members (excludes halogenated alkanes) is 5. The summed E-state index contributed by atoms with van der Waals surface area (Å²) in [7, 11) is -1.95. The number of aliphatic hydroxyl groups is 1. The SMILES string of the molecule is CCCCC[C@@H](CC[C@H]1C(O)C[C@H](OC(=O)c2ccc(-c3ccccc3)cc2)[C@@H]1CCCCCCC(=O)O)O[Si](C)(C)C(C)(C)C. The van der Waals surface area contributed by atoms with Crippen molar-refractivity contribution in [3.63, 3.8) is 0 Å². The summed E-state index contributed by atoms with van der Waals surface area (Å²) in [5.74, 6) is -1.00. The number of benzene rings is 2. The third-order valence-corrected chi connectivity index (χ3v) is 14.9. The molecule has 0 heterocycles. The van der Waals surface area contributed by atoms with Crippen LogP contribution in [0.4, 0.5) is 0 Å². The lowest BCUT2D eigenvalue weighted by molar-refractivity contribution is -0.137. The maximum Gasteiger partial charge on any atom is 0.338 e. The van der Waals surface area contributed by atoms with E-state index in [2.05, 4.69) is 40.8 Å². The van der Waals surface area contributed by atoms with Crippen molar-refractivity contribution in [2.24, 2.45) is 11.8 Å². The van der Waals surface area contributed by atoms with Crippen molar-refractivity contribution in [1.82, 2.24) is 0 Å². The van der Waals surface area contributed by atoms with E-state index in [4.69, 9.17) is 14.3 Å². The summed E-state index contributed by atoms with van der Waals surface area (Å²) in [6.07, 6.45) is 10.5. The number of carboxylic acid groups (broad SMARTS) is 1. The first-order chi connectivity index (χ1) is 21.8. The van der Waals surface area contributed by atoms with Gasteiger partial charge in [0.25, 0.3) is 0 Å². The smallest absolute Gasteiger partial charge is 0.338 e. The van der Waals surface area contributed by atoms with E-state index in [0.717, 1.165) is 62.5 Å². The molecule has 0 aliphatic heterocycles. The van der Waals surface area contributed by atoms with Crippen LogP contribution in [0.2, 0.25) is 18.1 Å². The van der Waals surface area contributed by atoms with Gasteiger partial charge in [-0.25, -0.2) is 4.79 Å². The van der Waals surface area contributed by atoms with Gasteiger partial charge in [0, 0.05) is 24.9 Å². The molecule has 7 heteroatoms. The highest BCUT2D eigenvalue weighted by Crippen LogP contribution is 2.43. The quantitative estimate of drug-likeness (QED) is 0.0891. The molecule has 0 radical (unpaired) electrons. The first kappa shape index (κ1) is 38.0. The number of esters is 1. The van der Waals surface area contributed by atoms with Gasteiger partial charge in [-0.3, -0.25) is 4.79 Å². The van der Waals surface area contributed by atoms with Gasteiger partial charge < -0.3 is 19.4 Å². The molecule has 0 bridgehead atoms. The minimum atomic E-state index is -1.95. The van der Waals surface area contributed by atoms with Crippen LogP contribution in [0.15, 0.2) is 54.6 Å². The number of hydrogen-bond donors (Lipinski definition) is 2. The second-order valence-corrected chi connectivity index (χ2v) is 19.7. The van der Waals surface area contributed by atoms with Crippen LogP contribution in [0.25, 0.3) is 11.1 Å². The molecule has 0 spiro atoms. The fraction of sp³-hybridized carbons (Fsp3) is 0.641. The third kappa shape index (κ3) is 11.6. The fourth-order valence-corrected chi connectivity index (χ4v) is 8.01. The Morgan fingerprint density at radius 2 is 1.50 bits per heavy atom. The highest BCUT2D eigenvalue weighted by Gasteiger charge is 2.45. The van der Waals surface area contributed by atoms with Crippen molar-refractivity contribution < 1.29 is 29.0 Å². The molecule has 1 saturated carbocycles. The molecule has 46 heavy (non-hydrogen) atoms. The van der Waals surface area contributed by atoms with Crippen LogP contribution < -0.4 is 0 Å². The Balaban J connectivity index is 1.71. The van der Waals surface area contributed by atoms with E-state index in [0.29, 0.717) is 18.4 Å². The van der Waals surface area contributed by atoms with Gasteiger partial charge >= 0.3 is 11.9 Å². The van der Waals surface area contributed by atoms with Crippen LogP contribution in [0.5, 0.6) is 0 Å². The van der Waals surface area contributed by atoms with Crippen LogP contribution in [0.1, 0.15) is 122 Å². The monoisotopic (exact) mass is 652 g/mol. The Morgan fingerprint density at radius 1 is 0.848 bits per heavy atom. The van der Waals surface area contributed by atoms with Gasteiger partial charge in [0.05, 0.1) is 11.7 Å². The molecule has 256 valence electrons. The number of carboxylic acids is 1. The molecule has 2 aromatic carbocycles. The number of aliphatic carboxylic acids is 1. The van der Waals surface area contributed by atoms with E-state index in [1.807, 2.05) is 54.6 Å².